The van der Waals surface area contributed by atoms with Gasteiger partial charge in [-0.25, -0.2) is 4.98 Å². The minimum atomic E-state index is -0.434. The van der Waals surface area contributed by atoms with Crippen molar-refractivity contribution in [2.75, 3.05) is 11.8 Å². The molecule has 0 aliphatic heterocycles. The van der Waals surface area contributed by atoms with Crippen molar-refractivity contribution in [2.24, 2.45) is 5.73 Å². The first-order chi connectivity index (χ1) is 14.3. The summed E-state index contributed by atoms with van der Waals surface area (Å²) in [5.41, 5.74) is 7.09. The summed E-state index contributed by atoms with van der Waals surface area (Å²) in [6.07, 6.45) is 1.55. The van der Waals surface area contributed by atoms with E-state index in [1.54, 1.807) is 42.7 Å². The lowest BCUT2D eigenvalue weighted by molar-refractivity contribution is -0.114. The molecular weight excluding hydrogens is 506 g/mol. The Bertz CT molecular complexity index is 923. The van der Waals surface area contributed by atoms with Crippen molar-refractivity contribution in [2.45, 2.75) is 13.3 Å². The van der Waals surface area contributed by atoms with Crippen LogP contribution in [0.3, 0.4) is 0 Å². The third-order valence-electron chi connectivity index (χ3n) is 3.21. The van der Waals surface area contributed by atoms with Gasteiger partial charge in [-0.05, 0) is 48.5 Å². The van der Waals surface area contributed by atoms with Crippen molar-refractivity contribution in [1.82, 2.24) is 4.98 Å². The standard InChI is InChI=1S/C10H7Cl2NO.C7H6ClNO.C3H4Cl2O.CH4/c11-5-9-6-14-10(13-9)7-1-3-8(12)4-2-7;8-6-3-1-5(2-4-6)7(9)10;4-1-3(6)2-5;/h1-4,6H,5H2;1-4H,(H2,9,10);1-2H2;1H4. The first kappa shape index (κ1) is 29.2. The van der Waals surface area contributed by atoms with E-state index in [2.05, 4.69) is 4.98 Å². The van der Waals surface area contributed by atoms with Gasteiger partial charge in [0.25, 0.3) is 0 Å². The molecule has 0 saturated heterocycles. The fourth-order valence-electron chi connectivity index (χ4n) is 1.74. The number of benzene rings is 2. The molecule has 1 amide bonds. The number of carbonyl (C=O) groups is 2. The van der Waals surface area contributed by atoms with Crippen molar-refractivity contribution in [3.8, 4) is 11.5 Å². The highest BCUT2D eigenvalue weighted by Gasteiger charge is 2.05. The van der Waals surface area contributed by atoms with Crippen molar-refractivity contribution in [1.29, 1.82) is 0 Å². The maximum Gasteiger partial charge on any atom is 0.248 e. The number of Topliss-reactive ketones (excluding diaryl/α,β-unsaturated/α-hetero) is 1. The molecule has 0 atom stereocenters. The number of aromatic nitrogens is 1. The minimum Gasteiger partial charge on any atom is -0.444 e. The number of oxazole rings is 1. The summed E-state index contributed by atoms with van der Waals surface area (Å²) >= 11 is 27.0. The van der Waals surface area contributed by atoms with E-state index < -0.39 is 5.91 Å². The number of halogens is 5. The summed E-state index contributed by atoms with van der Waals surface area (Å²) in [5, 5.41) is 1.29. The highest BCUT2D eigenvalue weighted by atomic mass is 35.5. The molecule has 0 spiro atoms. The SMILES string of the molecule is C.ClCc1coc(-c2ccc(Cl)cc2)n1.NC(=O)c1ccc(Cl)cc1.O=C(CCl)CCl. The molecule has 0 bridgehead atoms. The Morgan fingerprint density at radius 1 is 0.871 bits per heavy atom. The van der Waals surface area contributed by atoms with Gasteiger partial charge in [0, 0.05) is 21.2 Å². The van der Waals surface area contributed by atoms with Crippen molar-refractivity contribution in [3.05, 3.63) is 76.1 Å². The number of nitrogens with two attached hydrogens (primary N) is 1. The van der Waals surface area contributed by atoms with Crippen LogP contribution in [0.2, 0.25) is 10.0 Å². The number of ketones is 1. The van der Waals surface area contributed by atoms with Crippen LogP contribution >= 0.6 is 58.0 Å². The topological polar surface area (TPSA) is 86.2 Å². The summed E-state index contributed by atoms with van der Waals surface area (Å²) in [7, 11) is 0. The van der Waals surface area contributed by atoms with E-state index >= 15 is 0 Å². The molecule has 0 aliphatic rings. The number of carbonyl (C=O) groups excluding carboxylic acids is 2. The zero-order chi connectivity index (χ0) is 22.5. The van der Waals surface area contributed by atoms with Gasteiger partial charge in [0.15, 0.2) is 5.78 Å². The van der Waals surface area contributed by atoms with Crippen LogP contribution in [0.5, 0.6) is 0 Å². The molecule has 0 radical (unpaired) electrons. The van der Waals surface area contributed by atoms with Gasteiger partial charge >= 0.3 is 0 Å². The van der Waals surface area contributed by atoms with Gasteiger partial charge in [0.05, 0.1) is 23.3 Å². The second-order valence-electron chi connectivity index (χ2n) is 5.46. The van der Waals surface area contributed by atoms with Crippen LogP contribution in [-0.2, 0) is 10.7 Å². The maximum absolute atomic E-state index is 10.5. The Kier molecular flexibility index (Phi) is 15.0. The molecule has 2 aromatic carbocycles. The molecule has 0 aliphatic carbocycles. The Morgan fingerprint density at radius 2 is 1.35 bits per heavy atom. The second kappa shape index (κ2) is 16.0. The summed E-state index contributed by atoms with van der Waals surface area (Å²) in [6.45, 7) is 0. The molecule has 168 valence electrons. The Hall–Kier alpha value is -1.76. The van der Waals surface area contributed by atoms with Crippen LogP contribution in [0, 0.1) is 0 Å². The average Bonchev–Trinajstić information content (AvgIpc) is 3.24. The van der Waals surface area contributed by atoms with Gasteiger partial charge < -0.3 is 10.2 Å². The van der Waals surface area contributed by atoms with Crippen LogP contribution in [0.4, 0.5) is 0 Å². The molecule has 1 aromatic heterocycles. The van der Waals surface area contributed by atoms with E-state index in [1.807, 2.05) is 12.1 Å². The lowest BCUT2D eigenvalue weighted by Gasteiger charge is -1.94. The largest absolute Gasteiger partial charge is 0.444 e. The fourth-order valence-corrected chi connectivity index (χ4v) is 2.40. The molecule has 0 fully saturated rings. The smallest absolute Gasteiger partial charge is 0.248 e. The third-order valence-corrected chi connectivity index (χ3v) is 4.58. The molecular formula is C21H21Cl5N2O3. The molecule has 3 rings (SSSR count). The van der Waals surface area contributed by atoms with Gasteiger partial charge in [0.1, 0.15) is 6.26 Å². The number of rotatable bonds is 5. The zero-order valence-corrected chi connectivity index (χ0v) is 19.2. The Morgan fingerprint density at radius 3 is 1.71 bits per heavy atom. The monoisotopic (exact) mass is 524 g/mol. The summed E-state index contributed by atoms with van der Waals surface area (Å²) < 4.78 is 5.24. The molecule has 2 N–H and O–H groups in total. The first-order valence-corrected chi connectivity index (χ1v) is 10.6. The van der Waals surface area contributed by atoms with E-state index in [9.17, 15) is 9.59 Å². The van der Waals surface area contributed by atoms with Crippen LogP contribution in [0.15, 0.2) is 59.2 Å². The van der Waals surface area contributed by atoms with Gasteiger partial charge in [0.2, 0.25) is 11.8 Å². The molecule has 5 nitrogen and oxygen atoms in total. The number of hydrogen-bond donors (Lipinski definition) is 1. The highest BCUT2D eigenvalue weighted by Crippen LogP contribution is 2.21. The summed E-state index contributed by atoms with van der Waals surface area (Å²) in [4.78, 5) is 24.6. The third kappa shape index (κ3) is 11.4. The van der Waals surface area contributed by atoms with Crippen molar-refractivity contribution < 1.29 is 14.0 Å². The normalized spacial score (nSPS) is 9.32. The lowest BCUT2D eigenvalue weighted by atomic mass is 10.2. The second-order valence-corrected chi connectivity index (χ2v) is 7.14. The lowest BCUT2D eigenvalue weighted by Crippen LogP contribution is -2.10. The quantitative estimate of drug-likeness (QED) is 0.369. The zero-order valence-electron chi connectivity index (χ0n) is 15.5. The van der Waals surface area contributed by atoms with Gasteiger partial charge in [-0.2, -0.15) is 0 Å². The minimum absolute atomic E-state index is 0. The number of primary amides is 1. The number of amides is 1. The van der Waals surface area contributed by atoms with Crippen LogP contribution < -0.4 is 5.73 Å². The van der Waals surface area contributed by atoms with Crippen LogP contribution in [0.1, 0.15) is 23.5 Å². The average molecular weight is 527 g/mol. The van der Waals surface area contributed by atoms with E-state index in [0.29, 0.717) is 27.4 Å². The molecule has 3 aromatic rings. The number of nitrogens with zero attached hydrogens (tertiary/aromatic N) is 1. The fraction of sp³-hybridized carbons (Fsp3) is 0.190. The van der Waals surface area contributed by atoms with E-state index in [0.717, 1.165) is 11.3 Å². The molecule has 0 saturated carbocycles. The van der Waals surface area contributed by atoms with Gasteiger partial charge in [-0.15, -0.1) is 34.8 Å². The first-order valence-electron chi connectivity index (χ1n) is 8.26. The predicted molar refractivity (Wildman–Crippen MR) is 130 cm³/mol. The molecule has 0 unspecified atom stereocenters. The summed E-state index contributed by atoms with van der Waals surface area (Å²) in [6, 6.07) is 13.7. The Balaban J connectivity index is 0.000000468. The molecule has 10 heteroatoms. The summed E-state index contributed by atoms with van der Waals surface area (Å²) in [5.74, 6) is 0.427. The molecule has 1 heterocycles. The maximum atomic E-state index is 10.5. The van der Waals surface area contributed by atoms with Gasteiger partial charge in [-0.3, -0.25) is 9.59 Å². The van der Waals surface area contributed by atoms with Crippen molar-refractivity contribution >= 4 is 69.7 Å². The number of hydrogen-bond acceptors (Lipinski definition) is 4. The predicted octanol–water partition coefficient (Wildman–Crippen LogP) is 6.84. The van der Waals surface area contributed by atoms with Crippen LogP contribution in [0.25, 0.3) is 11.5 Å². The highest BCUT2D eigenvalue weighted by molar-refractivity contribution is 6.35. The van der Waals surface area contributed by atoms with E-state index in [-0.39, 0.29) is 25.0 Å². The van der Waals surface area contributed by atoms with Crippen molar-refractivity contribution in [3.63, 3.8) is 0 Å². The molecule has 31 heavy (non-hydrogen) atoms. The Labute approximate surface area is 206 Å². The van der Waals surface area contributed by atoms with E-state index in [1.165, 1.54) is 0 Å². The van der Waals surface area contributed by atoms with Crippen LogP contribution in [-0.4, -0.2) is 28.4 Å². The number of alkyl halides is 3. The van der Waals surface area contributed by atoms with Gasteiger partial charge in [-0.1, -0.05) is 30.6 Å². The van der Waals surface area contributed by atoms with E-state index in [4.69, 9.17) is 68.2 Å².